The van der Waals surface area contributed by atoms with Crippen molar-refractivity contribution in [2.75, 3.05) is 13.2 Å². The summed E-state index contributed by atoms with van der Waals surface area (Å²) in [6.45, 7) is 5.38. The number of aryl methyl sites for hydroxylation is 2. The van der Waals surface area contributed by atoms with Gasteiger partial charge in [-0.15, -0.1) is 0 Å². The van der Waals surface area contributed by atoms with Crippen LogP contribution in [0.5, 0.6) is 0 Å². The third-order valence-electron chi connectivity index (χ3n) is 3.12. The summed E-state index contributed by atoms with van der Waals surface area (Å²) in [6.07, 6.45) is 0.438. The average Bonchev–Trinajstić information content (AvgIpc) is 2.44. The van der Waals surface area contributed by atoms with Gasteiger partial charge in [0.1, 0.15) is 5.82 Å². The van der Waals surface area contributed by atoms with Crippen LogP contribution in [0, 0.1) is 18.7 Å². The molecule has 4 nitrogen and oxygen atoms in total. The van der Waals surface area contributed by atoms with Crippen LogP contribution >= 0.6 is 0 Å². The van der Waals surface area contributed by atoms with E-state index < -0.39 is 17.9 Å². The summed E-state index contributed by atoms with van der Waals surface area (Å²) in [5, 5.41) is 0. The molecule has 0 atom stereocenters. The molecule has 0 fully saturated rings. The van der Waals surface area contributed by atoms with Gasteiger partial charge in [-0.25, -0.2) is 4.39 Å². The molecular weight excluding hydrogens is 275 g/mol. The lowest BCUT2D eigenvalue weighted by molar-refractivity contribution is -0.161. The summed E-state index contributed by atoms with van der Waals surface area (Å²) in [5.41, 5.74) is 1.02. The highest BCUT2D eigenvalue weighted by molar-refractivity contribution is 5.94. The minimum Gasteiger partial charge on any atom is -0.465 e. The molecular formula is C16H21FO4. The molecule has 0 N–H and O–H groups in total. The Balaban J connectivity index is 2.79. The van der Waals surface area contributed by atoms with Crippen molar-refractivity contribution in [3.05, 3.63) is 35.1 Å². The molecule has 5 heteroatoms. The number of carbonyl (C=O) groups is 2. The fourth-order valence-corrected chi connectivity index (χ4v) is 2.02. The Hall–Kier alpha value is -1.91. The lowest BCUT2D eigenvalue weighted by Gasteiger charge is -2.14. The van der Waals surface area contributed by atoms with Gasteiger partial charge in [-0.2, -0.15) is 0 Å². The van der Waals surface area contributed by atoms with Gasteiger partial charge in [-0.3, -0.25) is 9.59 Å². The molecule has 21 heavy (non-hydrogen) atoms. The van der Waals surface area contributed by atoms with Gasteiger partial charge < -0.3 is 9.47 Å². The average molecular weight is 296 g/mol. The van der Waals surface area contributed by atoms with Crippen LogP contribution in [0.4, 0.5) is 4.39 Å². The highest BCUT2D eigenvalue weighted by Gasteiger charge is 2.29. The van der Waals surface area contributed by atoms with Gasteiger partial charge in [-0.05, 0) is 44.7 Å². The Bertz CT molecular complexity index is 481. The van der Waals surface area contributed by atoms with Crippen LogP contribution in [0.2, 0.25) is 0 Å². The number of ether oxygens (including phenoxy) is 2. The highest BCUT2D eigenvalue weighted by Crippen LogP contribution is 2.18. The zero-order valence-electron chi connectivity index (χ0n) is 12.6. The number of rotatable bonds is 7. The van der Waals surface area contributed by atoms with Gasteiger partial charge in [0.25, 0.3) is 0 Å². The molecule has 0 heterocycles. The Kier molecular flexibility index (Phi) is 6.85. The van der Waals surface area contributed by atoms with Crippen molar-refractivity contribution < 1.29 is 23.5 Å². The van der Waals surface area contributed by atoms with Gasteiger partial charge in [0.2, 0.25) is 0 Å². The quantitative estimate of drug-likeness (QED) is 0.573. The van der Waals surface area contributed by atoms with Crippen LogP contribution in [-0.4, -0.2) is 25.2 Å². The molecule has 0 aromatic heterocycles. The molecule has 0 aliphatic rings. The largest absolute Gasteiger partial charge is 0.465 e. The molecule has 0 amide bonds. The number of benzene rings is 1. The van der Waals surface area contributed by atoms with E-state index in [1.807, 2.05) is 0 Å². The van der Waals surface area contributed by atoms with Gasteiger partial charge in [0, 0.05) is 0 Å². The van der Waals surface area contributed by atoms with E-state index in [0.29, 0.717) is 11.1 Å². The highest BCUT2D eigenvalue weighted by atomic mass is 19.1. The first-order valence-electron chi connectivity index (χ1n) is 7.08. The first-order chi connectivity index (χ1) is 10.0. The molecule has 1 aromatic rings. The van der Waals surface area contributed by atoms with Crippen molar-refractivity contribution >= 4 is 11.9 Å². The Morgan fingerprint density at radius 3 is 2.24 bits per heavy atom. The Morgan fingerprint density at radius 1 is 1.14 bits per heavy atom. The van der Waals surface area contributed by atoms with E-state index in [2.05, 4.69) is 0 Å². The van der Waals surface area contributed by atoms with Gasteiger partial charge in [0.15, 0.2) is 5.92 Å². The number of halogens is 1. The molecule has 0 bridgehead atoms. The van der Waals surface area contributed by atoms with Crippen LogP contribution in [0.3, 0.4) is 0 Å². The minimum absolute atomic E-state index is 0.165. The van der Waals surface area contributed by atoms with Gasteiger partial charge in [0.05, 0.1) is 13.2 Å². The van der Waals surface area contributed by atoms with Gasteiger partial charge >= 0.3 is 11.9 Å². The second-order valence-corrected chi connectivity index (χ2v) is 4.64. The smallest absolute Gasteiger partial charge is 0.320 e. The van der Waals surface area contributed by atoms with E-state index in [4.69, 9.17) is 9.47 Å². The zero-order valence-corrected chi connectivity index (χ0v) is 12.6. The Morgan fingerprint density at radius 2 is 1.71 bits per heavy atom. The summed E-state index contributed by atoms with van der Waals surface area (Å²) in [7, 11) is 0. The third kappa shape index (κ3) is 4.85. The summed E-state index contributed by atoms with van der Waals surface area (Å²) in [4.78, 5) is 23.6. The zero-order chi connectivity index (χ0) is 15.8. The van der Waals surface area contributed by atoms with E-state index in [1.54, 1.807) is 39.0 Å². The number of hydrogen-bond acceptors (Lipinski definition) is 4. The second kappa shape index (κ2) is 8.39. The van der Waals surface area contributed by atoms with E-state index in [9.17, 15) is 14.0 Å². The lowest BCUT2D eigenvalue weighted by atomic mass is 9.98. The first-order valence-corrected chi connectivity index (χ1v) is 7.08. The topological polar surface area (TPSA) is 52.6 Å². The Labute approximate surface area is 124 Å². The molecule has 0 radical (unpaired) electrons. The molecule has 0 unspecified atom stereocenters. The van der Waals surface area contributed by atoms with Crippen molar-refractivity contribution in [2.45, 2.75) is 33.6 Å². The van der Waals surface area contributed by atoms with Crippen LogP contribution < -0.4 is 0 Å². The molecule has 0 spiro atoms. The fraction of sp³-hybridized carbons (Fsp3) is 0.500. The van der Waals surface area contributed by atoms with Crippen molar-refractivity contribution in [2.24, 2.45) is 5.92 Å². The maximum atomic E-state index is 13.9. The van der Waals surface area contributed by atoms with E-state index in [1.165, 1.54) is 0 Å². The van der Waals surface area contributed by atoms with Crippen molar-refractivity contribution in [1.29, 1.82) is 0 Å². The number of carbonyl (C=O) groups excluding carboxylic acids is 2. The van der Waals surface area contributed by atoms with Crippen molar-refractivity contribution in [3.63, 3.8) is 0 Å². The monoisotopic (exact) mass is 296 g/mol. The molecule has 0 aliphatic heterocycles. The third-order valence-corrected chi connectivity index (χ3v) is 3.12. The molecule has 1 rings (SSSR count). The summed E-state index contributed by atoms with van der Waals surface area (Å²) >= 11 is 0. The van der Waals surface area contributed by atoms with Gasteiger partial charge in [-0.1, -0.05) is 18.2 Å². The maximum Gasteiger partial charge on any atom is 0.320 e. The fourth-order valence-electron chi connectivity index (χ4n) is 2.02. The SMILES string of the molecule is CCOC(=O)C(CCc1cccc(C)c1F)C(=O)OCC. The maximum absolute atomic E-state index is 13.9. The van der Waals surface area contributed by atoms with Crippen LogP contribution in [0.15, 0.2) is 18.2 Å². The molecule has 0 aliphatic carbocycles. The van der Waals surface area contributed by atoms with Crippen molar-refractivity contribution in [3.8, 4) is 0 Å². The van der Waals surface area contributed by atoms with Crippen LogP contribution in [0.25, 0.3) is 0 Å². The summed E-state index contributed by atoms with van der Waals surface area (Å²) in [5.74, 6) is -2.55. The first kappa shape index (κ1) is 17.1. The van der Waals surface area contributed by atoms with Crippen LogP contribution in [0.1, 0.15) is 31.4 Å². The summed E-state index contributed by atoms with van der Waals surface area (Å²) in [6, 6.07) is 5.07. The van der Waals surface area contributed by atoms with E-state index in [0.717, 1.165) is 0 Å². The minimum atomic E-state index is -1.01. The van der Waals surface area contributed by atoms with Crippen LogP contribution in [-0.2, 0) is 25.5 Å². The van der Waals surface area contributed by atoms with E-state index in [-0.39, 0.29) is 31.9 Å². The predicted molar refractivity (Wildman–Crippen MR) is 76.2 cm³/mol. The molecule has 0 saturated heterocycles. The van der Waals surface area contributed by atoms with Crippen molar-refractivity contribution in [1.82, 2.24) is 0 Å². The normalized spacial score (nSPS) is 10.5. The number of hydrogen-bond donors (Lipinski definition) is 0. The predicted octanol–water partition coefficient (Wildman–Crippen LogP) is 2.81. The molecule has 0 saturated carbocycles. The molecule has 1 aromatic carbocycles. The molecule has 116 valence electrons. The standard InChI is InChI=1S/C16H21FO4/c1-4-20-15(18)13(16(19)21-5-2)10-9-12-8-6-7-11(3)14(12)17/h6-8,13H,4-5,9-10H2,1-3H3. The van der Waals surface area contributed by atoms with E-state index >= 15 is 0 Å². The second-order valence-electron chi connectivity index (χ2n) is 4.64. The number of esters is 2. The lowest BCUT2D eigenvalue weighted by Crippen LogP contribution is -2.28. The summed E-state index contributed by atoms with van der Waals surface area (Å²) < 4.78 is 23.7.